The largest absolute Gasteiger partial charge is 0.358 e. The van der Waals surface area contributed by atoms with Gasteiger partial charge in [0.15, 0.2) is 12.4 Å². The van der Waals surface area contributed by atoms with Crippen LogP contribution >= 0.6 is 0 Å². The van der Waals surface area contributed by atoms with Crippen molar-refractivity contribution in [2.24, 2.45) is 0 Å². The molecule has 3 aromatic rings. The van der Waals surface area contributed by atoms with Crippen LogP contribution in [0.4, 0.5) is 4.39 Å². The molecule has 8 nitrogen and oxygen atoms in total. The Hall–Kier alpha value is -2.64. The van der Waals surface area contributed by atoms with Crippen molar-refractivity contribution in [3.63, 3.8) is 0 Å². The van der Waals surface area contributed by atoms with Gasteiger partial charge in [0.05, 0.1) is 35.0 Å². The summed E-state index contributed by atoms with van der Waals surface area (Å²) in [6.45, 7) is 9.86. The molecule has 0 bridgehead atoms. The van der Waals surface area contributed by atoms with Crippen LogP contribution in [0.2, 0.25) is 25.7 Å². The van der Waals surface area contributed by atoms with Gasteiger partial charge < -0.3 is 4.74 Å². The average Bonchev–Trinajstić information content (AvgIpc) is 3.33. The fourth-order valence-corrected chi connectivity index (χ4v) is 4.58. The number of aromatic nitrogens is 6. The quantitative estimate of drug-likeness (QED) is 0.455. The van der Waals surface area contributed by atoms with Crippen molar-refractivity contribution in [2.45, 2.75) is 57.1 Å². The lowest BCUT2D eigenvalue weighted by molar-refractivity contribution is 0.0680. The van der Waals surface area contributed by atoms with E-state index in [2.05, 4.69) is 46.0 Å². The van der Waals surface area contributed by atoms with Gasteiger partial charge in [-0.3, -0.25) is 0 Å². The highest BCUT2D eigenvalue weighted by atomic mass is 28.3. The molecule has 29 heavy (non-hydrogen) atoms. The second-order valence-corrected chi connectivity index (χ2v) is 14.6. The van der Waals surface area contributed by atoms with Gasteiger partial charge in [-0.2, -0.15) is 24.6 Å². The zero-order valence-corrected chi connectivity index (χ0v) is 18.1. The van der Waals surface area contributed by atoms with Crippen LogP contribution in [0.1, 0.15) is 36.2 Å². The molecule has 0 radical (unpaired) electrons. The van der Waals surface area contributed by atoms with Crippen LogP contribution in [-0.4, -0.2) is 44.3 Å². The summed E-state index contributed by atoms with van der Waals surface area (Å²) in [7, 11) is -1.15. The maximum absolute atomic E-state index is 13.8. The summed E-state index contributed by atoms with van der Waals surface area (Å²) in [6.07, 6.45) is 3.85. The summed E-state index contributed by atoms with van der Waals surface area (Å²) in [6, 6.07) is 4.69. The Morgan fingerprint density at radius 3 is 2.86 bits per heavy atom. The van der Waals surface area contributed by atoms with E-state index in [-0.39, 0.29) is 12.6 Å². The van der Waals surface area contributed by atoms with E-state index in [1.807, 2.05) is 6.92 Å². The van der Waals surface area contributed by atoms with E-state index in [0.717, 1.165) is 17.3 Å². The first-order valence-corrected chi connectivity index (χ1v) is 13.3. The van der Waals surface area contributed by atoms with Crippen molar-refractivity contribution in [2.75, 3.05) is 6.61 Å². The highest BCUT2D eigenvalue weighted by Crippen LogP contribution is 2.48. The van der Waals surface area contributed by atoms with Crippen molar-refractivity contribution >= 4 is 13.7 Å². The van der Waals surface area contributed by atoms with Crippen LogP contribution in [-0.2, 0) is 16.9 Å². The lowest BCUT2D eigenvalue weighted by Crippen LogP contribution is -2.25. The van der Waals surface area contributed by atoms with E-state index >= 15 is 0 Å². The standard InChI is InChI=1S/C19H24FN7OSi/c1-19(15-11-23-26(24-15)12-28-5-6-29(2,3)4)8-13(9-21)14-10-22-17-7-16(20)25-27(17)18(14)19/h7,10-11,13H,5-6,8,12H2,1-4H3. The number of rotatable bonds is 6. The van der Waals surface area contributed by atoms with Crippen LogP contribution in [0, 0.1) is 17.3 Å². The Balaban J connectivity index is 1.64. The lowest BCUT2D eigenvalue weighted by Gasteiger charge is -2.22. The maximum atomic E-state index is 13.8. The second-order valence-electron chi connectivity index (χ2n) is 8.97. The Morgan fingerprint density at radius 1 is 1.34 bits per heavy atom. The van der Waals surface area contributed by atoms with Crippen molar-refractivity contribution in [3.05, 3.63) is 41.4 Å². The predicted octanol–water partition coefficient (Wildman–Crippen LogP) is 3.09. The molecule has 0 amide bonds. The van der Waals surface area contributed by atoms with Crippen LogP contribution < -0.4 is 0 Å². The van der Waals surface area contributed by atoms with Gasteiger partial charge in [0.1, 0.15) is 0 Å². The van der Waals surface area contributed by atoms with E-state index in [9.17, 15) is 9.65 Å². The number of hydrogen-bond acceptors (Lipinski definition) is 6. The number of ether oxygens (including phenoxy) is 1. The number of hydrogen-bond donors (Lipinski definition) is 0. The zero-order chi connectivity index (χ0) is 20.8. The monoisotopic (exact) mass is 413 g/mol. The van der Waals surface area contributed by atoms with Gasteiger partial charge in [0.2, 0.25) is 5.95 Å². The summed E-state index contributed by atoms with van der Waals surface area (Å²) >= 11 is 0. The third-order valence-electron chi connectivity index (χ3n) is 5.45. The van der Waals surface area contributed by atoms with E-state index in [4.69, 9.17) is 4.74 Å². The SMILES string of the molecule is CC1(c2cnn(COCC[Si](C)(C)C)n2)CC(C#N)c2cnc3cc(F)nn3c21. The number of nitriles is 1. The first-order valence-electron chi connectivity index (χ1n) is 9.64. The summed E-state index contributed by atoms with van der Waals surface area (Å²) in [5.41, 5.74) is 1.98. The number of halogens is 1. The first-order chi connectivity index (χ1) is 13.7. The fraction of sp³-hybridized carbons (Fsp3) is 0.526. The van der Waals surface area contributed by atoms with Crippen molar-refractivity contribution in [1.82, 2.24) is 29.6 Å². The molecule has 2 atom stereocenters. The Kier molecular flexibility index (Phi) is 4.75. The zero-order valence-electron chi connectivity index (χ0n) is 17.1. The molecule has 0 spiro atoms. The average molecular weight is 414 g/mol. The normalized spacial score (nSPS) is 21.4. The molecule has 1 aliphatic carbocycles. The molecule has 0 N–H and O–H groups in total. The summed E-state index contributed by atoms with van der Waals surface area (Å²) in [5.74, 6) is -0.967. The summed E-state index contributed by atoms with van der Waals surface area (Å²) < 4.78 is 21.0. The van der Waals surface area contributed by atoms with Gasteiger partial charge in [-0.1, -0.05) is 19.6 Å². The minimum Gasteiger partial charge on any atom is -0.358 e. The molecular weight excluding hydrogens is 389 g/mol. The van der Waals surface area contributed by atoms with E-state index in [1.54, 1.807) is 12.4 Å². The molecule has 2 unspecified atom stereocenters. The van der Waals surface area contributed by atoms with Crippen molar-refractivity contribution in [3.8, 4) is 6.07 Å². The van der Waals surface area contributed by atoms with Crippen LogP contribution in [0.15, 0.2) is 18.5 Å². The van der Waals surface area contributed by atoms with Crippen molar-refractivity contribution < 1.29 is 9.13 Å². The lowest BCUT2D eigenvalue weighted by atomic mass is 9.83. The van der Waals surface area contributed by atoms with Gasteiger partial charge in [-0.15, -0.1) is 5.10 Å². The second kappa shape index (κ2) is 7.00. The molecule has 0 aliphatic heterocycles. The molecule has 1 aliphatic rings. The summed E-state index contributed by atoms with van der Waals surface area (Å²) in [5, 5.41) is 22.6. The molecule has 10 heteroatoms. The molecule has 3 aromatic heterocycles. The fourth-order valence-electron chi connectivity index (χ4n) is 3.82. The Bertz CT molecular complexity index is 1100. The molecule has 0 fully saturated rings. The van der Waals surface area contributed by atoms with Crippen molar-refractivity contribution in [1.29, 1.82) is 5.26 Å². The Morgan fingerprint density at radius 2 is 2.14 bits per heavy atom. The first kappa shape index (κ1) is 19.7. The smallest absolute Gasteiger partial charge is 0.235 e. The highest BCUT2D eigenvalue weighted by Gasteiger charge is 2.46. The van der Waals surface area contributed by atoms with Crippen LogP contribution in [0.3, 0.4) is 0 Å². The minimum absolute atomic E-state index is 0.275. The number of fused-ring (bicyclic) bond motifs is 3. The topological polar surface area (TPSA) is 93.9 Å². The van der Waals surface area contributed by atoms with E-state index < -0.39 is 19.4 Å². The molecule has 0 saturated carbocycles. The van der Waals surface area contributed by atoms with Gasteiger partial charge in [0, 0.05) is 32.5 Å². The predicted molar refractivity (Wildman–Crippen MR) is 106 cm³/mol. The van der Waals surface area contributed by atoms with Gasteiger partial charge >= 0.3 is 0 Å². The minimum atomic E-state index is -1.15. The maximum Gasteiger partial charge on any atom is 0.235 e. The summed E-state index contributed by atoms with van der Waals surface area (Å²) in [4.78, 5) is 5.78. The Labute approximate surface area is 169 Å². The highest BCUT2D eigenvalue weighted by molar-refractivity contribution is 6.76. The van der Waals surface area contributed by atoms with Crippen LogP contribution in [0.25, 0.3) is 5.65 Å². The molecule has 0 saturated heterocycles. The third kappa shape index (κ3) is 3.56. The van der Waals surface area contributed by atoms with E-state index in [0.29, 0.717) is 24.4 Å². The van der Waals surface area contributed by atoms with E-state index in [1.165, 1.54) is 15.4 Å². The van der Waals surface area contributed by atoms with Gasteiger partial charge in [-0.05, 0) is 19.4 Å². The number of nitrogens with zero attached hydrogens (tertiary/aromatic N) is 7. The molecular formula is C19H24FN7OSi. The molecule has 152 valence electrons. The third-order valence-corrected chi connectivity index (χ3v) is 7.16. The van der Waals surface area contributed by atoms with Gasteiger partial charge in [0.25, 0.3) is 0 Å². The van der Waals surface area contributed by atoms with Crippen LogP contribution in [0.5, 0.6) is 0 Å². The molecule has 4 rings (SSSR count). The molecule has 3 heterocycles. The molecule has 0 aromatic carbocycles. The van der Waals surface area contributed by atoms with Gasteiger partial charge in [-0.25, -0.2) is 9.50 Å².